The number of benzene rings is 1. The minimum Gasteiger partial charge on any atom is -0.364 e. The van der Waals surface area contributed by atoms with E-state index in [-0.39, 0.29) is 5.91 Å². The molecule has 0 saturated carbocycles. The lowest BCUT2D eigenvalue weighted by Gasteiger charge is -2.17. The number of halogens is 2. The zero-order chi connectivity index (χ0) is 19.0. The van der Waals surface area contributed by atoms with Crippen molar-refractivity contribution in [2.45, 2.75) is 13.0 Å². The summed E-state index contributed by atoms with van der Waals surface area (Å²) in [6, 6.07) is 13.4. The largest absolute Gasteiger partial charge is 0.364 e. The Hall–Kier alpha value is -2.50. The summed E-state index contributed by atoms with van der Waals surface area (Å²) in [4.78, 5) is 19.0. The fraction of sp³-hybridized carbons (Fsp3) is 0.200. The average Bonchev–Trinajstić information content (AvgIpc) is 3.23. The monoisotopic (exact) mass is 400 g/mol. The maximum absolute atomic E-state index is 12.8. The van der Waals surface area contributed by atoms with Crippen molar-refractivity contribution in [2.24, 2.45) is 7.05 Å². The van der Waals surface area contributed by atoms with E-state index >= 15 is 0 Å². The molecule has 1 aromatic carbocycles. The summed E-state index contributed by atoms with van der Waals surface area (Å²) < 4.78 is 1.82. The highest BCUT2D eigenvalue weighted by molar-refractivity contribution is 6.41. The zero-order valence-corrected chi connectivity index (χ0v) is 16.3. The maximum atomic E-state index is 12.8. The summed E-state index contributed by atoms with van der Waals surface area (Å²) in [5.74, 6) is 0.654. The number of amides is 1. The highest BCUT2D eigenvalue weighted by Gasteiger charge is 2.25. The molecule has 1 N–H and O–H groups in total. The van der Waals surface area contributed by atoms with E-state index < -0.39 is 0 Å². The number of anilines is 2. The number of carbonyl (C=O) groups excluding carboxylic acids is 1. The molecule has 4 rings (SSSR count). The van der Waals surface area contributed by atoms with E-state index in [9.17, 15) is 4.79 Å². The van der Waals surface area contributed by atoms with Crippen LogP contribution in [-0.2, 0) is 20.0 Å². The van der Waals surface area contributed by atoms with E-state index in [0.717, 1.165) is 17.8 Å². The molecule has 1 aliphatic rings. The molecule has 2 aromatic heterocycles. The smallest absolute Gasteiger partial charge is 0.259 e. The zero-order valence-electron chi connectivity index (χ0n) is 14.7. The van der Waals surface area contributed by atoms with E-state index in [1.165, 1.54) is 5.56 Å². The molecular formula is C20H18Cl2N4O. The number of pyridine rings is 1. The second kappa shape index (κ2) is 7.25. The van der Waals surface area contributed by atoms with Crippen LogP contribution in [0.5, 0.6) is 0 Å². The number of rotatable bonds is 4. The third kappa shape index (κ3) is 3.40. The molecule has 5 nitrogen and oxygen atoms in total. The van der Waals surface area contributed by atoms with Crippen LogP contribution in [-0.4, -0.2) is 22.0 Å². The van der Waals surface area contributed by atoms with Crippen molar-refractivity contribution in [1.82, 2.24) is 9.55 Å². The van der Waals surface area contributed by atoms with Crippen molar-refractivity contribution in [3.63, 3.8) is 0 Å². The van der Waals surface area contributed by atoms with Crippen molar-refractivity contribution in [2.75, 3.05) is 16.8 Å². The van der Waals surface area contributed by atoms with Crippen LogP contribution in [0.4, 0.5) is 11.5 Å². The number of hydrogen-bond donors (Lipinski definition) is 1. The number of aromatic nitrogens is 2. The van der Waals surface area contributed by atoms with Gasteiger partial charge in [0.15, 0.2) is 0 Å². The van der Waals surface area contributed by atoms with E-state index in [2.05, 4.69) is 16.4 Å². The third-order valence-corrected chi connectivity index (χ3v) is 5.65. The van der Waals surface area contributed by atoms with E-state index in [1.807, 2.05) is 40.8 Å². The van der Waals surface area contributed by atoms with Gasteiger partial charge in [0.2, 0.25) is 0 Å². The van der Waals surface area contributed by atoms with Gasteiger partial charge < -0.3 is 14.8 Å². The first kappa shape index (κ1) is 17.9. The molecule has 3 aromatic rings. The number of fused-ring (bicyclic) bond motifs is 1. The minimum atomic E-state index is -0.0278. The molecule has 7 heteroatoms. The quantitative estimate of drug-likeness (QED) is 0.698. The lowest BCUT2D eigenvalue weighted by Crippen LogP contribution is -2.28. The van der Waals surface area contributed by atoms with Gasteiger partial charge in [-0.2, -0.15) is 0 Å². The van der Waals surface area contributed by atoms with Gasteiger partial charge in [0, 0.05) is 31.2 Å². The Bertz CT molecular complexity index is 998. The normalized spacial score (nSPS) is 12.9. The van der Waals surface area contributed by atoms with E-state index in [0.29, 0.717) is 34.6 Å². The molecule has 0 bridgehead atoms. The summed E-state index contributed by atoms with van der Waals surface area (Å²) in [5, 5.41) is 4.25. The van der Waals surface area contributed by atoms with Crippen molar-refractivity contribution in [1.29, 1.82) is 0 Å². The molecule has 0 saturated heterocycles. The highest BCUT2D eigenvalue weighted by Crippen LogP contribution is 2.29. The van der Waals surface area contributed by atoms with Crippen molar-refractivity contribution < 1.29 is 4.79 Å². The van der Waals surface area contributed by atoms with Gasteiger partial charge in [0.05, 0.1) is 17.1 Å². The average molecular weight is 401 g/mol. The van der Waals surface area contributed by atoms with Crippen LogP contribution >= 0.6 is 23.2 Å². The number of nitrogens with one attached hydrogen (secondary N) is 1. The Morgan fingerprint density at radius 2 is 2.04 bits per heavy atom. The summed E-state index contributed by atoms with van der Waals surface area (Å²) >= 11 is 12.1. The number of carbonyl (C=O) groups is 1. The summed E-state index contributed by atoms with van der Waals surface area (Å²) in [6.45, 7) is 1.23. The second-order valence-electron chi connectivity index (χ2n) is 6.45. The number of nitrogens with zero attached hydrogens (tertiary/aromatic N) is 3. The molecule has 3 heterocycles. The molecule has 0 radical (unpaired) electrons. The van der Waals surface area contributed by atoms with Crippen LogP contribution in [0.2, 0.25) is 10.2 Å². The van der Waals surface area contributed by atoms with E-state index in [4.69, 9.17) is 23.2 Å². The molecule has 0 spiro atoms. The standard InChI is InChI=1S/C20H18Cl2N4O/c1-25-15(10-16(21)19(25)22)12-24-18-7-6-14(11-23-18)20(27)26-9-8-13-4-2-3-5-17(13)26/h2-7,10-11H,8-9,12H2,1H3,(H,23,24). The van der Waals surface area contributed by atoms with Gasteiger partial charge in [0.25, 0.3) is 5.91 Å². The van der Waals surface area contributed by atoms with Gasteiger partial charge in [-0.25, -0.2) is 4.98 Å². The molecule has 0 fully saturated rings. The van der Waals surface area contributed by atoms with Gasteiger partial charge >= 0.3 is 0 Å². The van der Waals surface area contributed by atoms with Crippen LogP contribution in [0.3, 0.4) is 0 Å². The third-order valence-electron chi connectivity index (χ3n) is 4.81. The SMILES string of the molecule is Cn1c(CNc2ccc(C(=O)N3CCc4ccccc43)cn2)cc(Cl)c1Cl. The number of hydrogen-bond acceptors (Lipinski definition) is 3. The molecule has 138 valence electrons. The lowest BCUT2D eigenvalue weighted by atomic mass is 10.2. The van der Waals surface area contributed by atoms with Crippen LogP contribution in [0.25, 0.3) is 0 Å². The highest BCUT2D eigenvalue weighted by atomic mass is 35.5. The first-order valence-corrected chi connectivity index (χ1v) is 9.39. The van der Waals surface area contributed by atoms with Crippen molar-refractivity contribution in [3.8, 4) is 0 Å². The fourth-order valence-electron chi connectivity index (χ4n) is 3.27. The van der Waals surface area contributed by atoms with Crippen molar-refractivity contribution in [3.05, 3.63) is 75.7 Å². The number of para-hydroxylation sites is 1. The lowest BCUT2D eigenvalue weighted by molar-refractivity contribution is 0.0989. The molecule has 1 amide bonds. The maximum Gasteiger partial charge on any atom is 0.259 e. The van der Waals surface area contributed by atoms with Crippen LogP contribution in [0.1, 0.15) is 21.6 Å². The topological polar surface area (TPSA) is 50.2 Å². The predicted molar refractivity (Wildman–Crippen MR) is 109 cm³/mol. The van der Waals surface area contributed by atoms with Crippen molar-refractivity contribution >= 4 is 40.6 Å². The van der Waals surface area contributed by atoms with E-state index in [1.54, 1.807) is 18.3 Å². The first-order valence-electron chi connectivity index (χ1n) is 8.64. The first-order chi connectivity index (χ1) is 13.0. The van der Waals surface area contributed by atoms with Gasteiger partial charge in [0.1, 0.15) is 11.0 Å². The minimum absolute atomic E-state index is 0.0278. The molecular weight excluding hydrogens is 383 g/mol. The second-order valence-corrected chi connectivity index (χ2v) is 7.22. The van der Waals surface area contributed by atoms with Gasteiger partial charge in [-0.3, -0.25) is 4.79 Å². The molecule has 27 heavy (non-hydrogen) atoms. The summed E-state index contributed by atoms with van der Waals surface area (Å²) in [7, 11) is 1.86. The predicted octanol–water partition coefficient (Wildman–Crippen LogP) is 4.54. The molecule has 0 aliphatic carbocycles. The molecule has 0 atom stereocenters. The summed E-state index contributed by atoms with van der Waals surface area (Å²) in [6.07, 6.45) is 2.49. The van der Waals surface area contributed by atoms with Gasteiger partial charge in [-0.1, -0.05) is 41.4 Å². The van der Waals surface area contributed by atoms with Gasteiger partial charge in [-0.15, -0.1) is 0 Å². The Morgan fingerprint density at radius 1 is 1.22 bits per heavy atom. The molecule has 0 unspecified atom stereocenters. The Balaban J connectivity index is 1.45. The van der Waals surface area contributed by atoms with Crippen LogP contribution in [0.15, 0.2) is 48.7 Å². The summed E-state index contributed by atoms with van der Waals surface area (Å²) in [5.41, 5.74) is 3.71. The van der Waals surface area contributed by atoms with Crippen LogP contribution < -0.4 is 10.2 Å². The fourth-order valence-corrected chi connectivity index (χ4v) is 3.69. The van der Waals surface area contributed by atoms with Crippen LogP contribution in [0, 0.1) is 0 Å². The Labute approximate surface area is 167 Å². The Morgan fingerprint density at radius 3 is 2.74 bits per heavy atom. The Kier molecular flexibility index (Phi) is 4.81. The van der Waals surface area contributed by atoms with Gasteiger partial charge in [-0.05, 0) is 36.2 Å². The molecule has 1 aliphatic heterocycles.